The number of nitrogens with zero attached hydrogens (tertiary/aromatic N) is 4. The molecule has 4 aromatic rings. The number of aromatic hydroxyl groups is 1. The molecule has 2 saturated heterocycles. The topological polar surface area (TPSA) is 112 Å². The van der Waals surface area contributed by atoms with Crippen LogP contribution in [-0.4, -0.2) is 79.6 Å². The molecule has 3 heterocycles. The number of H-pyrrole nitrogens is 1. The largest absolute Gasteiger partial charge is 0.508 e. The van der Waals surface area contributed by atoms with E-state index in [0.717, 1.165) is 31.2 Å². The van der Waals surface area contributed by atoms with Gasteiger partial charge in [0.15, 0.2) is 0 Å². The van der Waals surface area contributed by atoms with Crippen LogP contribution in [-0.2, 0) is 29.1 Å². The van der Waals surface area contributed by atoms with Gasteiger partial charge in [-0.25, -0.2) is 14.8 Å². The van der Waals surface area contributed by atoms with E-state index in [1.807, 2.05) is 54.7 Å². The fourth-order valence-electron chi connectivity index (χ4n) is 6.05. The van der Waals surface area contributed by atoms with Crippen LogP contribution in [0.2, 0.25) is 0 Å². The number of halogens is 1. The van der Waals surface area contributed by atoms with E-state index in [0.29, 0.717) is 13.1 Å². The Hall–Kier alpha value is -4.36. The van der Waals surface area contributed by atoms with Crippen molar-refractivity contribution in [3.63, 3.8) is 0 Å². The predicted molar refractivity (Wildman–Crippen MR) is 175 cm³/mol. The van der Waals surface area contributed by atoms with Crippen LogP contribution in [0.4, 0.5) is 4.79 Å². The Morgan fingerprint density at radius 1 is 1.05 bits per heavy atom. The first-order chi connectivity index (χ1) is 21.3. The van der Waals surface area contributed by atoms with Crippen LogP contribution >= 0.6 is 22.6 Å². The van der Waals surface area contributed by atoms with Gasteiger partial charge in [0.05, 0.1) is 18.6 Å². The molecule has 10 nitrogen and oxygen atoms in total. The second-order valence-corrected chi connectivity index (χ2v) is 12.3. The maximum Gasteiger partial charge on any atom is 0.334 e. The zero-order valence-corrected chi connectivity index (χ0v) is 26.2. The number of benzene rings is 3. The Morgan fingerprint density at radius 3 is 2.55 bits per heavy atom. The van der Waals surface area contributed by atoms with Crippen LogP contribution in [0.5, 0.6) is 5.75 Å². The van der Waals surface area contributed by atoms with E-state index in [-0.39, 0.29) is 49.7 Å². The molecule has 1 aromatic heterocycles. The summed E-state index contributed by atoms with van der Waals surface area (Å²) >= 11 is 2.24. The Bertz CT molecular complexity index is 1690. The molecule has 2 atom stereocenters. The molecule has 0 bridgehead atoms. The number of rotatable bonds is 8. The fraction of sp³-hybridized carbons (Fsp3) is 0.242. The van der Waals surface area contributed by atoms with Crippen LogP contribution < -0.4 is 5.32 Å². The summed E-state index contributed by atoms with van der Waals surface area (Å²) in [6, 6.07) is 21.3. The highest BCUT2D eigenvalue weighted by molar-refractivity contribution is 14.1. The SMILES string of the molecule is C=CCN1CC(=O)N2[C@@H](Cc3ccc(O)cc3)C(=O)N(Cc3cccc4cc[nH]c34)C[C@@H]2N1C(=O)NCc1ccc(I)cc1. The standard InChI is InChI=1S/C33H33IN6O4/c1-2-16-38-21-30(42)39-28(17-22-8-12-27(41)13-9-22)32(43)37(19-25-5-3-4-24-14-15-35-31(24)25)20-29(39)40(38)33(44)36-18-23-6-10-26(34)11-7-23/h2-15,28-29,35,41H,1,16-21H2,(H,36,44)/t28-,29-/m0/s1. The van der Waals surface area contributed by atoms with Crippen molar-refractivity contribution in [1.29, 1.82) is 0 Å². The van der Waals surface area contributed by atoms with Crippen molar-refractivity contribution in [2.45, 2.75) is 31.7 Å². The number of phenolic OH excluding ortho intramolecular Hbond substituents is 1. The summed E-state index contributed by atoms with van der Waals surface area (Å²) in [5.41, 5.74) is 3.63. The van der Waals surface area contributed by atoms with Crippen LogP contribution in [0, 0.1) is 3.57 Å². The number of para-hydroxylation sites is 1. The average molecular weight is 705 g/mol. The van der Waals surface area contributed by atoms with Gasteiger partial charge in [0.1, 0.15) is 18.0 Å². The Kier molecular flexibility index (Phi) is 8.58. The van der Waals surface area contributed by atoms with Crippen LogP contribution in [0.25, 0.3) is 10.9 Å². The minimum Gasteiger partial charge on any atom is -0.508 e. The lowest BCUT2D eigenvalue weighted by atomic mass is 9.98. The minimum atomic E-state index is -0.842. The number of aromatic amines is 1. The first-order valence-electron chi connectivity index (χ1n) is 14.4. The number of aromatic nitrogens is 1. The molecule has 3 aromatic carbocycles. The number of hydrazine groups is 1. The van der Waals surface area contributed by atoms with Gasteiger partial charge < -0.3 is 25.2 Å². The Labute approximate surface area is 269 Å². The van der Waals surface area contributed by atoms with Crippen LogP contribution in [0.15, 0.2) is 91.6 Å². The maximum absolute atomic E-state index is 14.2. The molecule has 2 fully saturated rings. The van der Waals surface area contributed by atoms with Crippen molar-refractivity contribution >= 4 is 51.3 Å². The lowest BCUT2D eigenvalue weighted by molar-refractivity contribution is -0.189. The summed E-state index contributed by atoms with van der Waals surface area (Å²) < 4.78 is 1.10. The van der Waals surface area contributed by atoms with Gasteiger partial charge in [0.2, 0.25) is 11.8 Å². The summed E-state index contributed by atoms with van der Waals surface area (Å²) in [6.07, 6.45) is 3.03. The number of carbonyl (C=O) groups excluding carboxylic acids is 3. The number of hydrogen-bond donors (Lipinski definition) is 3. The molecular weight excluding hydrogens is 671 g/mol. The molecule has 44 heavy (non-hydrogen) atoms. The second-order valence-electron chi connectivity index (χ2n) is 11.0. The summed E-state index contributed by atoms with van der Waals surface area (Å²) in [5, 5.41) is 17.2. The summed E-state index contributed by atoms with van der Waals surface area (Å²) in [6.45, 7) is 4.82. The Morgan fingerprint density at radius 2 is 1.80 bits per heavy atom. The van der Waals surface area contributed by atoms with Gasteiger partial charge >= 0.3 is 6.03 Å². The molecule has 3 N–H and O–H groups in total. The van der Waals surface area contributed by atoms with Gasteiger partial charge in [-0.1, -0.05) is 48.5 Å². The molecule has 2 aliphatic rings. The van der Waals surface area contributed by atoms with Gasteiger partial charge in [-0.05, 0) is 75.0 Å². The number of fused-ring (bicyclic) bond motifs is 2. The van der Waals surface area contributed by atoms with Gasteiger partial charge in [0.25, 0.3) is 0 Å². The molecule has 0 unspecified atom stereocenters. The van der Waals surface area contributed by atoms with E-state index < -0.39 is 12.2 Å². The molecule has 6 rings (SSSR count). The van der Waals surface area contributed by atoms with E-state index in [1.165, 1.54) is 0 Å². The number of phenols is 1. The average Bonchev–Trinajstić information content (AvgIpc) is 3.50. The third kappa shape index (κ3) is 6.02. The number of urea groups is 1. The predicted octanol–water partition coefficient (Wildman–Crippen LogP) is 4.21. The van der Waals surface area contributed by atoms with Crippen molar-refractivity contribution < 1.29 is 19.5 Å². The number of carbonyl (C=O) groups is 3. The van der Waals surface area contributed by atoms with Crippen molar-refractivity contribution in [3.05, 3.63) is 112 Å². The molecular formula is C33H33IN6O4. The van der Waals surface area contributed by atoms with E-state index in [4.69, 9.17) is 0 Å². The third-order valence-electron chi connectivity index (χ3n) is 8.14. The van der Waals surface area contributed by atoms with Crippen molar-refractivity contribution in [3.8, 4) is 5.75 Å². The van der Waals surface area contributed by atoms with E-state index in [9.17, 15) is 19.5 Å². The van der Waals surface area contributed by atoms with Crippen molar-refractivity contribution in [2.75, 3.05) is 19.6 Å². The highest BCUT2D eigenvalue weighted by Crippen LogP contribution is 2.30. The van der Waals surface area contributed by atoms with E-state index >= 15 is 0 Å². The van der Waals surface area contributed by atoms with Crippen LogP contribution in [0.3, 0.4) is 0 Å². The van der Waals surface area contributed by atoms with E-state index in [2.05, 4.69) is 39.5 Å². The monoisotopic (exact) mass is 704 g/mol. The highest BCUT2D eigenvalue weighted by Gasteiger charge is 2.51. The maximum atomic E-state index is 14.2. The molecule has 2 aliphatic heterocycles. The summed E-state index contributed by atoms with van der Waals surface area (Å²) in [5.74, 6) is -0.309. The summed E-state index contributed by atoms with van der Waals surface area (Å²) in [4.78, 5) is 48.5. The lowest BCUT2D eigenvalue weighted by Crippen LogP contribution is -2.76. The van der Waals surface area contributed by atoms with Crippen molar-refractivity contribution in [1.82, 2.24) is 30.1 Å². The number of piperazine rings is 1. The molecule has 0 saturated carbocycles. The third-order valence-corrected chi connectivity index (χ3v) is 8.85. The van der Waals surface area contributed by atoms with Gasteiger partial charge in [0, 0.05) is 35.8 Å². The second kappa shape index (κ2) is 12.7. The zero-order chi connectivity index (χ0) is 30.8. The fourth-order valence-corrected chi connectivity index (χ4v) is 6.41. The molecule has 11 heteroatoms. The van der Waals surface area contributed by atoms with Gasteiger partial charge in [-0.3, -0.25) is 9.59 Å². The number of hydrogen-bond acceptors (Lipinski definition) is 5. The van der Waals surface area contributed by atoms with Gasteiger partial charge in [-0.15, -0.1) is 6.58 Å². The Balaban J connectivity index is 1.35. The molecule has 226 valence electrons. The number of amides is 4. The molecule has 0 radical (unpaired) electrons. The zero-order valence-electron chi connectivity index (χ0n) is 24.0. The van der Waals surface area contributed by atoms with Crippen LogP contribution in [0.1, 0.15) is 16.7 Å². The normalized spacial score (nSPS) is 18.9. The molecule has 0 aliphatic carbocycles. The van der Waals surface area contributed by atoms with Gasteiger partial charge in [-0.2, -0.15) is 0 Å². The lowest BCUT2D eigenvalue weighted by Gasteiger charge is -2.55. The molecule has 4 amide bonds. The first-order valence-corrected chi connectivity index (χ1v) is 15.5. The van der Waals surface area contributed by atoms with E-state index in [1.54, 1.807) is 50.2 Å². The first kappa shape index (κ1) is 29.7. The summed E-state index contributed by atoms with van der Waals surface area (Å²) in [7, 11) is 0. The smallest absolute Gasteiger partial charge is 0.334 e. The quantitative estimate of drug-likeness (QED) is 0.188. The number of nitrogens with one attached hydrogen (secondary N) is 2. The molecule has 0 spiro atoms. The minimum absolute atomic E-state index is 0.0688. The van der Waals surface area contributed by atoms with Crippen molar-refractivity contribution in [2.24, 2.45) is 0 Å². The highest BCUT2D eigenvalue weighted by atomic mass is 127.